The second kappa shape index (κ2) is 8.89. The lowest BCUT2D eigenvalue weighted by atomic mass is 9.73. The molecule has 1 heterocycles. The van der Waals surface area contributed by atoms with Crippen LogP contribution in [-0.4, -0.2) is 37.1 Å². The highest BCUT2D eigenvalue weighted by Crippen LogP contribution is 2.46. The summed E-state index contributed by atoms with van der Waals surface area (Å²) in [5.74, 6) is -0.293. The highest BCUT2D eigenvalue weighted by atomic mass is 35.5. The molecule has 0 amide bonds. The first kappa shape index (κ1) is 20.4. The van der Waals surface area contributed by atoms with Crippen molar-refractivity contribution in [1.29, 1.82) is 0 Å². The summed E-state index contributed by atoms with van der Waals surface area (Å²) in [7, 11) is 0. The van der Waals surface area contributed by atoms with Gasteiger partial charge in [0.05, 0.1) is 12.5 Å². The Hall–Kier alpha value is -1.84. The van der Waals surface area contributed by atoms with Crippen LogP contribution in [0.15, 0.2) is 48.5 Å². The Morgan fingerprint density at radius 3 is 2.59 bits per heavy atom. The number of fused-ring (bicyclic) bond motifs is 2. The van der Waals surface area contributed by atoms with E-state index in [-0.39, 0.29) is 11.9 Å². The lowest BCUT2D eigenvalue weighted by Crippen LogP contribution is -2.45. The van der Waals surface area contributed by atoms with Crippen molar-refractivity contribution in [3.05, 3.63) is 70.2 Å². The number of nitrogens with zero attached hydrogens (tertiary/aromatic N) is 1. The Bertz CT molecular complexity index is 857. The Morgan fingerprint density at radius 1 is 1.10 bits per heavy atom. The molecule has 2 aromatic carbocycles. The van der Waals surface area contributed by atoms with Crippen LogP contribution >= 0.6 is 11.6 Å². The van der Waals surface area contributed by atoms with Gasteiger partial charge in [-0.3, -0.25) is 4.79 Å². The van der Waals surface area contributed by atoms with E-state index in [1.54, 1.807) is 5.56 Å². The number of aryl methyl sites for hydroxylation is 1. The number of benzene rings is 2. The van der Waals surface area contributed by atoms with Crippen molar-refractivity contribution in [3.8, 4) is 0 Å². The van der Waals surface area contributed by atoms with Crippen LogP contribution in [0.1, 0.15) is 42.9 Å². The Morgan fingerprint density at radius 2 is 1.83 bits per heavy atom. The fraction of sp³-hybridized carbons (Fsp3) is 0.480. The zero-order valence-electron chi connectivity index (χ0n) is 17.2. The van der Waals surface area contributed by atoms with Gasteiger partial charge in [0, 0.05) is 11.6 Å². The van der Waals surface area contributed by atoms with Crippen LogP contribution in [-0.2, 0) is 27.8 Å². The van der Waals surface area contributed by atoms with Crippen LogP contribution < -0.4 is 0 Å². The molecular weight excluding hydrogens is 382 g/mol. The monoisotopic (exact) mass is 411 g/mol. The van der Waals surface area contributed by atoms with E-state index in [1.165, 1.54) is 31.2 Å². The van der Waals surface area contributed by atoms with Crippen molar-refractivity contribution in [2.75, 3.05) is 26.2 Å². The Kier molecular flexibility index (Phi) is 6.26. The van der Waals surface area contributed by atoms with Crippen LogP contribution in [0, 0.1) is 5.92 Å². The van der Waals surface area contributed by atoms with Gasteiger partial charge in [0.2, 0.25) is 0 Å². The van der Waals surface area contributed by atoms with Gasteiger partial charge < -0.3 is 9.64 Å². The number of rotatable bonds is 6. The number of carbonyl (C=O) groups is 1. The van der Waals surface area contributed by atoms with E-state index < -0.39 is 0 Å². The molecule has 3 nitrogen and oxygen atoms in total. The second-order valence-corrected chi connectivity index (χ2v) is 8.89. The summed E-state index contributed by atoms with van der Waals surface area (Å²) in [5, 5.41) is 0.724. The van der Waals surface area contributed by atoms with E-state index in [0.717, 1.165) is 30.2 Å². The summed E-state index contributed by atoms with van der Waals surface area (Å²) in [4.78, 5) is 15.1. The molecule has 4 heteroatoms. The standard InChI is InChI=1S/C25H30ClNO2/c1-2-29-24(28)21(17-20-8-4-6-10-23(20)26)18-27-15-13-25(14-16-27)12-11-19-7-3-5-9-22(19)25/h3-10,21H,2,11-18H2,1H3. The largest absolute Gasteiger partial charge is 0.466 e. The third-order valence-electron chi connectivity index (χ3n) is 6.80. The van der Waals surface area contributed by atoms with Crippen molar-refractivity contribution >= 4 is 17.6 Å². The van der Waals surface area contributed by atoms with Crippen LogP contribution in [0.25, 0.3) is 0 Å². The normalized spacial score (nSPS) is 19.1. The van der Waals surface area contributed by atoms with Crippen LogP contribution in [0.2, 0.25) is 5.02 Å². The SMILES string of the molecule is CCOC(=O)C(Cc1ccccc1Cl)CN1CCC2(CCc3ccccc32)CC1. The molecule has 0 saturated carbocycles. The number of halogens is 1. The van der Waals surface area contributed by atoms with Gasteiger partial charge >= 0.3 is 5.97 Å². The van der Waals surface area contributed by atoms with Crippen molar-refractivity contribution in [2.24, 2.45) is 5.92 Å². The maximum atomic E-state index is 12.7. The maximum absolute atomic E-state index is 12.7. The summed E-state index contributed by atoms with van der Waals surface area (Å²) in [5.41, 5.74) is 4.46. The molecule has 1 saturated heterocycles. The lowest BCUT2D eigenvalue weighted by molar-refractivity contribution is -0.148. The summed E-state index contributed by atoms with van der Waals surface area (Å²) in [6.45, 7) is 5.09. The number of ether oxygens (including phenoxy) is 1. The van der Waals surface area contributed by atoms with E-state index in [0.29, 0.717) is 18.4 Å². The predicted molar refractivity (Wildman–Crippen MR) is 117 cm³/mol. The van der Waals surface area contributed by atoms with E-state index >= 15 is 0 Å². The van der Waals surface area contributed by atoms with Gasteiger partial charge in [-0.2, -0.15) is 0 Å². The first-order chi connectivity index (χ1) is 14.1. The molecule has 0 N–H and O–H groups in total. The van der Waals surface area contributed by atoms with Gasteiger partial charge in [-0.05, 0) is 80.3 Å². The molecule has 4 rings (SSSR count). The topological polar surface area (TPSA) is 29.5 Å². The molecule has 0 radical (unpaired) electrons. The molecule has 2 aromatic rings. The third kappa shape index (κ3) is 4.36. The Balaban J connectivity index is 1.43. The Labute approximate surface area is 179 Å². The molecule has 29 heavy (non-hydrogen) atoms. The van der Waals surface area contributed by atoms with Crippen LogP contribution in [0.5, 0.6) is 0 Å². The van der Waals surface area contributed by atoms with Crippen molar-refractivity contribution in [2.45, 2.75) is 44.4 Å². The summed E-state index contributed by atoms with van der Waals surface area (Å²) in [6.07, 6.45) is 5.44. The van der Waals surface area contributed by atoms with E-state index in [9.17, 15) is 4.79 Å². The maximum Gasteiger partial charge on any atom is 0.310 e. The second-order valence-electron chi connectivity index (χ2n) is 8.48. The van der Waals surface area contributed by atoms with Crippen molar-refractivity contribution in [3.63, 3.8) is 0 Å². The average Bonchev–Trinajstić information content (AvgIpc) is 3.09. The van der Waals surface area contributed by atoms with Gasteiger partial charge in [0.25, 0.3) is 0 Å². The number of hydrogen-bond acceptors (Lipinski definition) is 3. The minimum Gasteiger partial charge on any atom is -0.466 e. The number of likely N-dealkylation sites (tertiary alicyclic amines) is 1. The van der Waals surface area contributed by atoms with Crippen molar-refractivity contribution in [1.82, 2.24) is 4.90 Å². The third-order valence-corrected chi connectivity index (χ3v) is 7.17. The van der Waals surface area contributed by atoms with Gasteiger partial charge in [0.15, 0.2) is 0 Å². The van der Waals surface area contributed by atoms with E-state index in [2.05, 4.69) is 29.2 Å². The predicted octanol–water partition coefficient (Wildman–Crippen LogP) is 5.04. The first-order valence-corrected chi connectivity index (χ1v) is 11.2. The zero-order valence-corrected chi connectivity index (χ0v) is 18.0. The smallest absolute Gasteiger partial charge is 0.310 e. The minimum atomic E-state index is -0.181. The zero-order chi connectivity index (χ0) is 20.3. The molecule has 1 spiro atoms. The average molecular weight is 412 g/mol. The van der Waals surface area contributed by atoms with Crippen LogP contribution in [0.4, 0.5) is 0 Å². The minimum absolute atomic E-state index is 0.112. The highest BCUT2D eigenvalue weighted by Gasteiger charge is 2.41. The van der Waals surface area contributed by atoms with E-state index in [1.807, 2.05) is 31.2 Å². The van der Waals surface area contributed by atoms with Gasteiger partial charge in [-0.25, -0.2) is 0 Å². The summed E-state index contributed by atoms with van der Waals surface area (Å²) < 4.78 is 5.39. The number of hydrogen-bond donors (Lipinski definition) is 0. The molecule has 1 aliphatic heterocycles. The molecule has 1 unspecified atom stereocenters. The lowest BCUT2D eigenvalue weighted by Gasteiger charge is -2.41. The number of piperidine rings is 1. The van der Waals surface area contributed by atoms with Crippen LogP contribution in [0.3, 0.4) is 0 Å². The summed E-state index contributed by atoms with van der Waals surface area (Å²) in [6, 6.07) is 16.8. The van der Waals surface area contributed by atoms with Crippen molar-refractivity contribution < 1.29 is 9.53 Å². The first-order valence-electron chi connectivity index (χ1n) is 10.8. The summed E-state index contributed by atoms with van der Waals surface area (Å²) >= 11 is 6.36. The molecule has 154 valence electrons. The quantitative estimate of drug-likeness (QED) is 0.623. The van der Waals surface area contributed by atoms with Gasteiger partial charge in [-0.15, -0.1) is 0 Å². The molecule has 2 aliphatic rings. The number of carbonyl (C=O) groups excluding carboxylic acids is 1. The molecule has 1 fully saturated rings. The van der Waals surface area contributed by atoms with Gasteiger partial charge in [0.1, 0.15) is 0 Å². The fourth-order valence-electron chi connectivity index (χ4n) is 5.17. The molecule has 0 bridgehead atoms. The molecule has 1 aliphatic carbocycles. The molecule has 0 aromatic heterocycles. The highest BCUT2D eigenvalue weighted by molar-refractivity contribution is 6.31. The van der Waals surface area contributed by atoms with E-state index in [4.69, 9.17) is 16.3 Å². The van der Waals surface area contributed by atoms with Gasteiger partial charge in [-0.1, -0.05) is 54.1 Å². The molecule has 1 atom stereocenters. The number of esters is 1. The molecular formula is C25H30ClNO2. The fourth-order valence-corrected chi connectivity index (χ4v) is 5.38.